The highest BCUT2D eigenvalue weighted by Gasteiger charge is 2.24. The van der Waals surface area contributed by atoms with Crippen molar-refractivity contribution in [3.63, 3.8) is 0 Å². The molecule has 1 atom stereocenters. The molecule has 0 aromatic heterocycles. The van der Waals surface area contributed by atoms with Crippen LogP contribution in [0.2, 0.25) is 0 Å². The van der Waals surface area contributed by atoms with E-state index in [1.807, 2.05) is 27.7 Å². The lowest BCUT2D eigenvalue weighted by Crippen LogP contribution is -2.47. The van der Waals surface area contributed by atoms with Gasteiger partial charge < -0.3 is 25.3 Å². The van der Waals surface area contributed by atoms with E-state index < -0.39 is 35.6 Å². The molecule has 1 rings (SSSR count). The van der Waals surface area contributed by atoms with Gasteiger partial charge in [0.05, 0.1) is 0 Å². The summed E-state index contributed by atoms with van der Waals surface area (Å²) in [6.07, 6.45) is -0.392. The van der Waals surface area contributed by atoms with Crippen LogP contribution in [0.25, 0.3) is 0 Å². The molecule has 0 unspecified atom stereocenters. The second kappa shape index (κ2) is 12.2. The molecule has 0 saturated carbocycles. The SMILES string of the molecule is CC(C)CC(=O)Oc1ccc(C[C@H](NC(=O)OC(C)(C)C)C(N)=O)cc1OC(=O)CC(C)C. The van der Waals surface area contributed by atoms with E-state index in [-0.39, 0.29) is 42.6 Å². The molecular formula is C24H36N2O7. The number of nitrogens with one attached hydrogen (secondary N) is 1. The van der Waals surface area contributed by atoms with Crippen LogP contribution in [0.1, 0.15) is 66.9 Å². The molecule has 2 amide bonds. The van der Waals surface area contributed by atoms with Gasteiger partial charge in [-0.05, 0) is 50.3 Å². The van der Waals surface area contributed by atoms with E-state index in [0.717, 1.165) is 0 Å². The van der Waals surface area contributed by atoms with Crippen LogP contribution in [-0.4, -0.2) is 35.6 Å². The molecule has 0 spiro atoms. The van der Waals surface area contributed by atoms with Gasteiger partial charge in [-0.1, -0.05) is 33.8 Å². The largest absolute Gasteiger partial charge is 0.444 e. The van der Waals surface area contributed by atoms with Gasteiger partial charge in [0.25, 0.3) is 0 Å². The van der Waals surface area contributed by atoms with E-state index in [1.165, 1.54) is 12.1 Å². The highest BCUT2D eigenvalue weighted by Crippen LogP contribution is 2.30. The summed E-state index contributed by atoms with van der Waals surface area (Å²) >= 11 is 0. The van der Waals surface area contributed by atoms with Crippen molar-refractivity contribution in [1.82, 2.24) is 5.32 Å². The number of hydrogen-bond donors (Lipinski definition) is 2. The predicted molar refractivity (Wildman–Crippen MR) is 123 cm³/mol. The Balaban J connectivity index is 3.12. The minimum Gasteiger partial charge on any atom is -0.444 e. The van der Waals surface area contributed by atoms with Gasteiger partial charge in [-0.25, -0.2) is 4.79 Å². The zero-order chi connectivity index (χ0) is 25.3. The summed E-state index contributed by atoms with van der Waals surface area (Å²) in [7, 11) is 0. The summed E-state index contributed by atoms with van der Waals surface area (Å²) < 4.78 is 16.0. The van der Waals surface area contributed by atoms with Crippen molar-refractivity contribution in [1.29, 1.82) is 0 Å². The fourth-order valence-electron chi connectivity index (χ4n) is 2.75. The van der Waals surface area contributed by atoms with Gasteiger partial charge in [0.1, 0.15) is 11.6 Å². The van der Waals surface area contributed by atoms with Gasteiger partial charge in [0, 0.05) is 19.3 Å². The van der Waals surface area contributed by atoms with Crippen molar-refractivity contribution < 1.29 is 33.4 Å². The van der Waals surface area contributed by atoms with Crippen LogP contribution in [0.15, 0.2) is 18.2 Å². The Morgan fingerprint density at radius 2 is 1.42 bits per heavy atom. The quantitative estimate of drug-likeness (QED) is 0.400. The van der Waals surface area contributed by atoms with E-state index in [9.17, 15) is 19.2 Å². The van der Waals surface area contributed by atoms with Gasteiger partial charge in [0.15, 0.2) is 11.5 Å². The first kappa shape index (κ1) is 27.9. The molecule has 0 aliphatic heterocycles. The molecule has 3 N–H and O–H groups in total. The Bertz CT molecular complexity index is 857. The summed E-state index contributed by atoms with van der Waals surface area (Å²) in [5, 5.41) is 2.45. The first-order valence-electron chi connectivity index (χ1n) is 11.0. The molecular weight excluding hydrogens is 428 g/mol. The molecule has 9 nitrogen and oxygen atoms in total. The van der Waals surface area contributed by atoms with E-state index in [0.29, 0.717) is 5.56 Å². The monoisotopic (exact) mass is 464 g/mol. The minimum atomic E-state index is -1.06. The van der Waals surface area contributed by atoms with Gasteiger partial charge >= 0.3 is 18.0 Å². The van der Waals surface area contributed by atoms with E-state index in [2.05, 4.69) is 5.32 Å². The zero-order valence-electron chi connectivity index (χ0n) is 20.5. The number of benzene rings is 1. The molecule has 33 heavy (non-hydrogen) atoms. The van der Waals surface area contributed by atoms with Gasteiger partial charge in [-0.2, -0.15) is 0 Å². The Hall–Kier alpha value is -3.10. The molecule has 0 fully saturated rings. The average molecular weight is 465 g/mol. The Morgan fingerprint density at radius 1 is 0.909 bits per heavy atom. The summed E-state index contributed by atoms with van der Waals surface area (Å²) in [4.78, 5) is 48.4. The van der Waals surface area contributed by atoms with Crippen molar-refractivity contribution >= 4 is 23.9 Å². The first-order valence-corrected chi connectivity index (χ1v) is 11.0. The van der Waals surface area contributed by atoms with E-state index >= 15 is 0 Å². The maximum absolute atomic E-state index is 12.2. The number of rotatable bonds is 10. The molecule has 0 saturated heterocycles. The number of amides is 2. The van der Waals surface area contributed by atoms with E-state index in [4.69, 9.17) is 19.9 Å². The van der Waals surface area contributed by atoms with Crippen LogP contribution in [0.4, 0.5) is 4.79 Å². The second-order valence-corrected chi connectivity index (χ2v) is 9.73. The maximum Gasteiger partial charge on any atom is 0.408 e. The lowest BCUT2D eigenvalue weighted by atomic mass is 10.0. The molecule has 0 bridgehead atoms. The smallest absolute Gasteiger partial charge is 0.408 e. The molecule has 0 heterocycles. The van der Waals surface area contributed by atoms with Crippen LogP contribution in [0, 0.1) is 11.8 Å². The summed E-state index contributed by atoms with van der Waals surface area (Å²) in [6.45, 7) is 12.6. The van der Waals surface area contributed by atoms with Crippen molar-refractivity contribution in [3.05, 3.63) is 23.8 Å². The fourth-order valence-corrected chi connectivity index (χ4v) is 2.75. The molecule has 0 radical (unpaired) electrons. The lowest BCUT2D eigenvalue weighted by molar-refractivity contribution is -0.138. The Morgan fingerprint density at radius 3 is 1.88 bits per heavy atom. The number of alkyl carbamates (subject to hydrolysis) is 1. The third kappa shape index (κ3) is 11.4. The number of hydrogen-bond acceptors (Lipinski definition) is 7. The van der Waals surface area contributed by atoms with Gasteiger partial charge in [0.2, 0.25) is 5.91 Å². The van der Waals surface area contributed by atoms with Gasteiger partial charge in [-0.3, -0.25) is 14.4 Å². The lowest BCUT2D eigenvalue weighted by Gasteiger charge is -2.22. The minimum absolute atomic E-state index is 0.0174. The average Bonchev–Trinajstić information content (AvgIpc) is 2.60. The normalized spacial score (nSPS) is 12.3. The van der Waals surface area contributed by atoms with Crippen molar-refractivity contribution in [3.8, 4) is 11.5 Å². The van der Waals surface area contributed by atoms with Crippen LogP contribution in [0.3, 0.4) is 0 Å². The number of primary amides is 1. The topological polar surface area (TPSA) is 134 Å². The van der Waals surface area contributed by atoms with Crippen molar-refractivity contribution in [2.75, 3.05) is 0 Å². The summed E-state index contributed by atoms with van der Waals surface area (Å²) in [5.41, 5.74) is 5.24. The number of esters is 2. The highest BCUT2D eigenvalue weighted by atomic mass is 16.6. The third-order valence-corrected chi connectivity index (χ3v) is 4.08. The molecule has 1 aromatic carbocycles. The maximum atomic E-state index is 12.2. The zero-order valence-corrected chi connectivity index (χ0v) is 20.5. The van der Waals surface area contributed by atoms with Crippen LogP contribution < -0.4 is 20.5 Å². The third-order valence-electron chi connectivity index (χ3n) is 4.08. The number of ether oxygens (including phenoxy) is 3. The number of carbonyl (C=O) groups excluding carboxylic acids is 4. The standard InChI is InChI=1S/C24H36N2O7/c1-14(2)10-20(27)31-18-9-8-16(13-19(18)32-21(28)11-15(3)4)12-17(22(25)29)26-23(30)33-24(5,6)7/h8-9,13-15,17H,10-12H2,1-7H3,(H2,25,29)(H,26,30)/t17-/m0/s1. The Labute approximate surface area is 195 Å². The van der Waals surface area contributed by atoms with Crippen LogP contribution in [0.5, 0.6) is 11.5 Å². The first-order chi connectivity index (χ1) is 15.2. The number of carbonyl (C=O) groups is 4. The molecule has 9 heteroatoms. The summed E-state index contributed by atoms with van der Waals surface area (Å²) in [6, 6.07) is 3.51. The molecule has 0 aliphatic rings. The van der Waals surface area contributed by atoms with Crippen molar-refractivity contribution in [2.45, 2.75) is 79.4 Å². The Kier molecular flexibility index (Phi) is 10.3. The second-order valence-electron chi connectivity index (χ2n) is 9.73. The molecule has 184 valence electrons. The fraction of sp³-hybridized carbons (Fsp3) is 0.583. The van der Waals surface area contributed by atoms with Gasteiger partial charge in [-0.15, -0.1) is 0 Å². The van der Waals surface area contributed by atoms with Crippen molar-refractivity contribution in [2.24, 2.45) is 17.6 Å². The number of nitrogens with two attached hydrogens (primary N) is 1. The predicted octanol–water partition coefficient (Wildman–Crippen LogP) is 3.51. The van der Waals surface area contributed by atoms with Crippen LogP contribution >= 0.6 is 0 Å². The van der Waals surface area contributed by atoms with Crippen LogP contribution in [-0.2, 0) is 25.5 Å². The highest BCUT2D eigenvalue weighted by molar-refractivity contribution is 5.84. The molecule has 1 aromatic rings. The van der Waals surface area contributed by atoms with E-state index in [1.54, 1.807) is 26.8 Å². The molecule has 0 aliphatic carbocycles. The summed E-state index contributed by atoms with van der Waals surface area (Å²) in [5.74, 6) is -1.38.